The zero-order chi connectivity index (χ0) is 11.4. The summed E-state index contributed by atoms with van der Waals surface area (Å²) in [5.41, 5.74) is 7.03. The van der Waals surface area contributed by atoms with E-state index in [4.69, 9.17) is 11.0 Å². The van der Waals surface area contributed by atoms with Gasteiger partial charge in [-0.2, -0.15) is 5.26 Å². The molecule has 2 rings (SSSR count). The lowest BCUT2D eigenvalue weighted by molar-refractivity contribution is 1.05. The van der Waals surface area contributed by atoms with Crippen molar-refractivity contribution in [3.8, 4) is 6.07 Å². The van der Waals surface area contributed by atoms with Gasteiger partial charge in [0.2, 0.25) is 0 Å². The van der Waals surface area contributed by atoms with Crippen molar-refractivity contribution in [1.29, 1.82) is 5.26 Å². The molecule has 0 bridgehead atoms. The third-order valence-corrected chi connectivity index (χ3v) is 2.89. The summed E-state index contributed by atoms with van der Waals surface area (Å²) >= 11 is 1.39. The molecule has 1 aromatic carbocycles. The third kappa shape index (κ3) is 2.30. The average molecular weight is 228 g/mol. The van der Waals surface area contributed by atoms with Crippen LogP contribution in [0.4, 0.5) is 5.69 Å². The highest BCUT2D eigenvalue weighted by atomic mass is 32.2. The fraction of sp³-hybridized carbons (Fsp3) is 0. The number of anilines is 1. The molecule has 5 heteroatoms. The summed E-state index contributed by atoms with van der Waals surface area (Å²) in [5, 5.41) is 9.54. The lowest BCUT2D eigenvalue weighted by Crippen LogP contribution is -1.90. The lowest BCUT2D eigenvalue weighted by atomic mass is 10.2. The predicted octanol–water partition coefficient (Wildman–Crippen LogP) is 2.08. The molecule has 0 unspecified atom stereocenters. The largest absolute Gasteiger partial charge is 0.398 e. The van der Waals surface area contributed by atoms with E-state index in [0.29, 0.717) is 11.3 Å². The van der Waals surface area contributed by atoms with Crippen LogP contribution in [0.1, 0.15) is 5.56 Å². The maximum Gasteiger partial charge on any atom is 0.119 e. The molecule has 0 aliphatic heterocycles. The van der Waals surface area contributed by atoms with Gasteiger partial charge in [0.1, 0.15) is 5.03 Å². The second-order valence-corrected chi connectivity index (χ2v) is 4.07. The first-order valence-corrected chi connectivity index (χ1v) is 5.35. The Balaban J connectivity index is 2.31. The first-order valence-electron chi connectivity index (χ1n) is 4.53. The van der Waals surface area contributed by atoms with Gasteiger partial charge in [0.05, 0.1) is 17.8 Å². The molecule has 0 amide bonds. The van der Waals surface area contributed by atoms with Gasteiger partial charge in [0, 0.05) is 23.0 Å². The molecule has 0 aliphatic carbocycles. The highest BCUT2D eigenvalue weighted by Crippen LogP contribution is 2.30. The number of hydrogen-bond acceptors (Lipinski definition) is 5. The Morgan fingerprint density at radius 2 is 2.19 bits per heavy atom. The molecule has 0 aliphatic rings. The van der Waals surface area contributed by atoms with Crippen molar-refractivity contribution >= 4 is 17.4 Å². The van der Waals surface area contributed by atoms with E-state index in [0.717, 1.165) is 9.92 Å². The van der Waals surface area contributed by atoms with Crippen LogP contribution >= 0.6 is 11.8 Å². The van der Waals surface area contributed by atoms with Gasteiger partial charge in [-0.05, 0) is 18.2 Å². The van der Waals surface area contributed by atoms with Gasteiger partial charge in [-0.25, -0.2) is 4.98 Å². The minimum atomic E-state index is 0.584. The standard InChI is InChI=1S/C11H8N4S/c12-6-8-1-2-9(13)10(5-8)16-11-7-14-3-4-15-11/h1-5,7H,13H2. The van der Waals surface area contributed by atoms with Crippen molar-refractivity contribution in [2.45, 2.75) is 9.92 Å². The number of nitrogens with two attached hydrogens (primary N) is 1. The van der Waals surface area contributed by atoms with Gasteiger partial charge in [-0.15, -0.1) is 0 Å². The molecule has 0 saturated heterocycles. The normalized spacial score (nSPS) is 9.69. The monoisotopic (exact) mass is 228 g/mol. The van der Waals surface area contributed by atoms with Gasteiger partial charge in [0.15, 0.2) is 0 Å². The van der Waals surface area contributed by atoms with E-state index in [1.54, 1.807) is 36.8 Å². The van der Waals surface area contributed by atoms with Crippen LogP contribution in [-0.2, 0) is 0 Å². The van der Waals surface area contributed by atoms with E-state index in [1.807, 2.05) is 0 Å². The SMILES string of the molecule is N#Cc1ccc(N)c(Sc2cnccn2)c1. The molecule has 78 valence electrons. The van der Waals surface area contributed by atoms with E-state index >= 15 is 0 Å². The Bertz CT molecular complexity index is 533. The van der Waals surface area contributed by atoms with Gasteiger partial charge >= 0.3 is 0 Å². The second kappa shape index (κ2) is 4.64. The van der Waals surface area contributed by atoms with E-state index in [2.05, 4.69) is 16.0 Å². The van der Waals surface area contributed by atoms with Crippen molar-refractivity contribution in [2.75, 3.05) is 5.73 Å². The van der Waals surface area contributed by atoms with E-state index in [-0.39, 0.29) is 0 Å². The summed E-state index contributed by atoms with van der Waals surface area (Å²) in [7, 11) is 0. The number of aromatic nitrogens is 2. The molecule has 2 aromatic rings. The Kier molecular flexibility index (Phi) is 3.03. The van der Waals surface area contributed by atoms with Gasteiger partial charge in [-0.3, -0.25) is 4.98 Å². The van der Waals surface area contributed by atoms with Crippen LogP contribution in [-0.4, -0.2) is 9.97 Å². The molecular weight excluding hydrogens is 220 g/mol. The number of nitrogen functional groups attached to an aromatic ring is 1. The first kappa shape index (κ1) is 10.5. The number of rotatable bonds is 2. The fourth-order valence-electron chi connectivity index (χ4n) is 1.14. The Morgan fingerprint density at radius 1 is 1.31 bits per heavy atom. The topological polar surface area (TPSA) is 75.6 Å². The van der Waals surface area contributed by atoms with Gasteiger partial charge in [0.25, 0.3) is 0 Å². The molecule has 0 radical (unpaired) electrons. The Hall–Kier alpha value is -2.06. The van der Waals surface area contributed by atoms with E-state index in [9.17, 15) is 0 Å². The van der Waals surface area contributed by atoms with Crippen LogP contribution in [0.5, 0.6) is 0 Å². The van der Waals surface area contributed by atoms with Gasteiger partial charge in [-0.1, -0.05) is 11.8 Å². The number of hydrogen-bond donors (Lipinski definition) is 1. The Labute approximate surface area is 97.1 Å². The minimum absolute atomic E-state index is 0.584. The summed E-state index contributed by atoms with van der Waals surface area (Å²) < 4.78 is 0. The van der Waals surface area contributed by atoms with Crippen LogP contribution in [0.25, 0.3) is 0 Å². The summed E-state index contributed by atoms with van der Waals surface area (Å²) in [6.45, 7) is 0. The molecule has 0 saturated carbocycles. The molecule has 4 nitrogen and oxygen atoms in total. The van der Waals surface area contributed by atoms with E-state index < -0.39 is 0 Å². The van der Waals surface area contributed by atoms with Crippen molar-refractivity contribution in [3.05, 3.63) is 42.4 Å². The summed E-state index contributed by atoms with van der Waals surface area (Å²) in [6.07, 6.45) is 4.88. The van der Waals surface area contributed by atoms with Crippen molar-refractivity contribution in [1.82, 2.24) is 9.97 Å². The summed E-state index contributed by atoms with van der Waals surface area (Å²) in [4.78, 5) is 8.92. The molecule has 0 spiro atoms. The van der Waals surface area contributed by atoms with Crippen LogP contribution in [0.3, 0.4) is 0 Å². The summed E-state index contributed by atoms with van der Waals surface area (Å²) in [6, 6.07) is 7.23. The zero-order valence-corrected chi connectivity index (χ0v) is 9.11. The minimum Gasteiger partial charge on any atom is -0.398 e. The van der Waals surface area contributed by atoms with Crippen molar-refractivity contribution in [3.63, 3.8) is 0 Å². The predicted molar refractivity (Wildman–Crippen MR) is 61.7 cm³/mol. The number of nitrogens with zero attached hydrogens (tertiary/aromatic N) is 3. The smallest absolute Gasteiger partial charge is 0.119 e. The van der Waals surface area contributed by atoms with Crippen LogP contribution in [0, 0.1) is 11.3 Å². The second-order valence-electron chi connectivity index (χ2n) is 3.01. The molecule has 1 heterocycles. The third-order valence-electron chi connectivity index (χ3n) is 1.90. The maximum absolute atomic E-state index is 8.79. The molecule has 1 aromatic heterocycles. The number of benzene rings is 1. The fourth-order valence-corrected chi connectivity index (χ4v) is 1.97. The van der Waals surface area contributed by atoms with Crippen LogP contribution in [0.15, 0.2) is 46.7 Å². The van der Waals surface area contributed by atoms with Crippen LogP contribution in [0.2, 0.25) is 0 Å². The quantitative estimate of drug-likeness (QED) is 0.796. The first-order chi connectivity index (χ1) is 7.79. The molecule has 16 heavy (non-hydrogen) atoms. The number of nitriles is 1. The molecular formula is C11H8N4S. The molecule has 2 N–H and O–H groups in total. The van der Waals surface area contributed by atoms with Crippen LogP contribution < -0.4 is 5.73 Å². The molecule has 0 atom stereocenters. The van der Waals surface area contributed by atoms with Crippen molar-refractivity contribution in [2.24, 2.45) is 0 Å². The maximum atomic E-state index is 8.79. The lowest BCUT2D eigenvalue weighted by Gasteiger charge is -2.04. The zero-order valence-electron chi connectivity index (χ0n) is 8.29. The summed E-state index contributed by atoms with van der Waals surface area (Å²) in [5.74, 6) is 0. The highest BCUT2D eigenvalue weighted by molar-refractivity contribution is 7.99. The average Bonchev–Trinajstić information content (AvgIpc) is 2.33. The van der Waals surface area contributed by atoms with E-state index in [1.165, 1.54) is 11.8 Å². The van der Waals surface area contributed by atoms with Gasteiger partial charge < -0.3 is 5.73 Å². The molecule has 0 fully saturated rings. The highest BCUT2D eigenvalue weighted by Gasteiger charge is 2.04. The Morgan fingerprint density at radius 3 is 2.88 bits per heavy atom. The van der Waals surface area contributed by atoms with Crippen molar-refractivity contribution < 1.29 is 0 Å².